The van der Waals surface area contributed by atoms with Crippen molar-refractivity contribution in [3.8, 4) is 0 Å². The van der Waals surface area contributed by atoms with Crippen molar-refractivity contribution in [2.24, 2.45) is 0 Å². The third kappa shape index (κ3) is 11.9. The normalized spacial score (nSPS) is 14.9. The number of hydrogen-bond donors (Lipinski definition) is 1. The molecule has 0 aliphatic carbocycles. The number of nitrogens with one attached hydrogen (secondary N) is 1. The van der Waals surface area contributed by atoms with E-state index < -0.39 is 30.5 Å². The Hall–Kier alpha value is -0.0394. The minimum absolute atomic E-state index is 0.0401. The molecule has 222 valence electrons. The summed E-state index contributed by atoms with van der Waals surface area (Å²) >= 11 is 0. The Morgan fingerprint density at radius 2 is 0.946 bits per heavy atom. The van der Waals surface area contributed by atoms with E-state index in [0.717, 1.165) is 13.0 Å². The van der Waals surface area contributed by atoms with Gasteiger partial charge in [-0.15, -0.1) is 0 Å². The first kappa shape index (κ1) is 37.0. The molecule has 0 bridgehead atoms. The molecule has 0 rings (SSSR count). The van der Waals surface area contributed by atoms with Gasteiger partial charge < -0.3 is 23.5 Å². The van der Waals surface area contributed by atoms with Crippen molar-refractivity contribution >= 4 is 30.9 Å². The zero-order valence-corrected chi connectivity index (χ0v) is 30.8. The van der Waals surface area contributed by atoms with Gasteiger partial charge in [-0.05, 0) is 81.5 Å². The van der Waals surface area contributed by atoms with Crippen LogP contribution in [0.25, 0.3) is 0 Å². The van der Waals surface area contributed by atoms with Gasteiger partial charge in [0, 0.05) is 6.42 Å². The number of nitrogens with zero attached hydrogens (tertiary/aromatic N) is 1. The third-order valence-electron chi connectivity index (χ3n) is 8.96. The van der Waals surface area contributed by atoms with Crippen LogP contribution in [0.4, 0.5) is 0 Å². The van der Waals surface area contributed by atoms with Crippen LogP contribution in [0, 0.1) is 0 Å². The fraction of sp³-hybridized carbons (Fsp3) is 0.964. The van der Waals surface area contributed by atoms with Crippen molar-refractivity contribution in [3.05, 3.63) is 0 Å². The van der Waals surface area contributed by atoms with Gasteiger partial charge in [-0.25, -0.2) is 0 Å². The second-order valence-electron chi connectivity index (χ2n) is 15.9. The lowest BCUT2D eigenvalue weighted by Crippen LogP contribution is -2.63. The second-order valence-corrected chi connectivity index (χ2v) is 30.3. The monoisotopic (exact) mass is 576 g/mol. The molecule has 0 fully saturated rings. The molecule has 1 amide bonds. The Kier molecular flexibility index (Phi) is 13.1. The molecule has 37 heavy (non-hydrogen) atoms. The van der Waals surface area contributed by atoms with Crippen LogP contribution >= 0.6 is 0 Å². The average Bonchev–Trinajstić information content (AvgIpc) is 2.66. The fourth-order valence-corrected chi connectivity index (χ4v) is 5.96. The highest BCUT2D eigenvalue weighted by Gasteiger charge is 2.46. The van der Waals surface area contributed by atoms with Crippen LogP contribution in [-0.2, 0) is 18.1 Å². The molecule has 0 aliphatic heterocycles. The number of amides is 1. The van der Waals surface area contributed by atoms with Crippen molar-refractivity contribution in [1.82, 2.24) is 10.2 Å². The lowest BCUT2D eigenvalue weighted by molar-refractivity contribution is -0.125. The van der Waals surface area contributed by atoms with Crippen molar-refractivity contribution in [1.29, 1.82) is 0 Å². The fourth-order valence-electron chi connectivity index (χ4n) is 2.75. The van der Waals surface area contributed by atoms with Crippen LogP contribution in [0.2, 0.25) is 54.4 Å². The smallest absolute Gasteiger partial charge is 0.220 e. The molecule has 0 aromatic carbocycles. The van der Waals surface area contributed by atoms with E-state index in [4.69, 9.17) is 13.3 Å². The van der Waals surface area contributed by atoms with Crippen molar-refractivity contribution in [3.63, 3.8) is 0 Å². The summed E-state index contributed by atoms with van der Waals surface area (Å²) in [6, 6.07) is 0. The minimum atomic E-state index is -2.08. The predicted octanol–water partition coefficient (Wildman–Crippen LogP) is 7.25. The zero-order valence-electron chi connectivity index (χ0n) is 27.8. The standard InChI is InChI=1S/C28H64N2O4Si3/c1-25(2,3)35(12,13)32-21-28(22-33-36(14,15)26(4,5)6,23-34-37(16,17)27(7,8)9)29-24(31)19-18-20-30(10)11/h18-23H2,1-17H3,(H,29,31). The Bertz CT molecular complexity index is 644. The van der Waals surface area contributed by atoms with E-state index in [1.807, 2.05) is 14.1 Å². The highest BCUT2D eigenvalue weighted by atomic mass is 28.4. The van der Waals surface area contributed by atoms with Crippen LogP contribution in [-0.4, -0.2) is 81.8 Å². The minimum Gasteiger partial charge on any atom is -0.414 e. The largest absolute Gasteiger partial charge is 0.414 e. The topological polar surface area (TPSA) is 60.0 Å². The first-order chi connectivity index (χ1) is 16.2. The van der Waals surface area contributed by atoms with E-state index in [-0.39, 0.29) is 21.0 Å². The Morgan fingerprint density at radius 1 is 0.649 bits per heavy atom. The van der Waals surface area contributed by atoms with Crippen molar-refractivity contribution < 1.29 is 18.1 Å². The van der Waals surface area contributed by atoms with Gasteiger partial charge in [0.05, 0.1) is 19.8 Å². The molecule has 0 saturated heterocycles. The van der Waals surface area contributed by atoms with Crippen LogP contribution in [0.5, 0.6) is 0 Å². The van der Waals surface area contributed by atoms with E-state index in [0.29, 0.717) is 26.2 Å². The van der Waals surface area contributed by atoms with Gasteiger partial charge in [0.25, 0.3) is 0 Å². The van der Waals surface area contributed by atoms with Gasteiger partial charge in [-0.1, -0.05) is 62.3 Å². The van der Waals surface area contributed by atoms with E-state index >= 15 is 0 Å². The molecule has 0 aromatic rings. The maximum absolute atomic E-state index is 13.3. The second kappa shape index (κ2) is 13.1. The van der Waals surface area contributed by atoms with E-state index in [2.05, 4.69) is 112 Å². The van der Waals surface area contributed by atoms with E-state index in [1.165, 1.54) is 0 Å². The van der Waals surface area contributed by atoms with Gasteiger partial charge in [-0.3, -0.25) is 4.79 Å². The molecule has 0 atom stereocenters. The molecule has 0 saturated carbocycles. The number of carbonyl (C=O) groups excluding carboxylic acids is 1. The van der Waals surface area contributed by atoms with Gasteiger partial charge in [0.1, 0.15) is 5.54 Å². The molecule has 0 spiro atoms. The Morgan fingerprint density at radius 3 is 1.19 bits per heavy atom. The summed E-state index contributed by atoms with van der Waals surface area (Å²) in [5.74, 6) is 0.0401. The molecule has 0 aliphatic rings. The Labute approximate surface area is 234 Å². The maximum atomic E-state index is 13.3. The number of hydrogen-bond acceptors (Lipinski definition) is 5. The van der Waals surface area contributed by atoms with Crippen LogP contribution < -0.4 is 5.32 Å². The van der Waals surface area contributed by atoms with Gasteiger partial charge >= 0.3 is 0 Å². The van der Waals surface area contributed by atoms with Gasteiger partial charge in [-0.2, -0.15) is 0 Å². The number of carbonyl (C=O) groups is 1. The molecule has 9 heteroatoms. The molecular formula is C28H64N2O4Si3. The van der Waals surface area contributed by atoms with Crippen LogP contribution in [0.3, 0.4) is 0 Å². The van der Waals surface area contributed by atoms with Gasteiger partial charge in [0.2, 0.25) is 5.91 Å². The third-order valence-corrected chi connectivity index (χ3v) is 22.4. The summed E-state index contributed by atoms with van der Waals surface area (Å²) in [6.45, 7) is 35.9. The van der Waals surface area contributed by atoms with E-state index in [9.17, 15) is 4.79 Å². The SMILES string of the molecule is CN(C)CCCC(=O)NC(CO[Si](C)(C)C(C)(C)C)(CO[Si](C)(C)C(C)(C)C)CO[Si](C)(C)C(C)(C)C. The highest BCUT2D eigenvalue weighted by Crippen LogP contribution is 2.40. The zero-order chi connectivity index (χ0) is 29.7. The molecule has 6 nitrogen and oxygen atoms in total. The van der Waals surface area contributed by atoms with Gasteiger partial charge in [0.15, 0.2) is 25.0 Å². The maximum Gasteiger partial charge on any atom is 0.220 e. The summed E-state index contributed by atoms with van der Waals surface area (Å²) in [5, 5.41) is 3.60. The van der Waals surface area contributed by atoms with Crippen LogP contribution in [0.15, 0.2) is 0 Å². The summed E-state index contributed by atoms with van der Waals surface area (Å²) < 4.78 is 20.4. The highest BCUT2D eigenvalue weighted by molar-refractivity contribution is 6.75. The predicted molar refractivity (Wildman–Crippen MR) is 168 cm³/mol. The quantitative estimate of drug-likeness (QED) is 0.221. The number of rotatable bonds is 14. The molecule has 0 heterocycles. The molecule has 0 unspecified atom stereocenters. The average molecular weight is 577 g/mol. The summed E-state index contributed by atoms with van der Waals surface area (Å²) in [7, 11) is -2.15. The molecular weight excluding hydrogens is 513 g/mol. The molecule has 0 radical (unpaired) electrons. The lowest BCUT2D eigenvalue weighted by Gasteiger charge is -2.46. The molecule has 1 N–H and O–H groups in total. The van der Waals surface area contributed by atoms with Crippen molar-refractivity contribution in [2.45, 2.75) is 135 Å². The lowest BCUT2D eigenvalue weighted by atomic mass is 10.0. The molecule has 0 aromatic heterocycles. The Balaban J connectivity index is 6.33. The van der Waals surface area contributed by atoms with Crippen molar-refractivity contribution in [2.75, 3.05) is 40.5 Å². The summed E-state index contributed by atoms with van der Waals surface area (Å²) in [4.78, 5) is 15.5. The van der Waals surface area contributed by atoms with Crippen LogP contribution in [0.1, 0.15) is 75.2 Å². The summed E-state index contributed by atoms with van der Waals surface area (Å²) in [5.41, 5.74) is -0.740. The first-order valence-corrected chi connectivity index (χ1v) is 22.8. The van der Waals surface area contributed by atoms with E-state index in [1.54, 1.807) is 0 Å². The summed E-state index contributed by atoms with van der Waals surface area (Å²) in [6.07, 6.45) is 1.28. The first-order valence-electron chi connectivity index (χ1n) is 14.1.